The van der Waals surface area contributed by atoms with Crippen molar-refractivity contribution in [3.05, 3.63) is 58.6 Å². The molecule has 0 unspecified atom stereocenters. The molecule has 2 aromatic rings. The Hall–Kier alpha value is -1.75. The second-order valence-electron chi connectivity index (χ2n) is 6.15. The lowest BCUT2D eigenvalue weighted by molar-refractivity contribution is -0.120. The molecule has 0 saturated carbocycles. The molecule has 3 rings (SSSR count). The van der Waals surface area contributed by atoms with Crippen molar-refractivity contribution in [2.45, 2.75) is 13.0 Å². The number of piperazine rings is 1. The first kappa shape index (κ1) is 18.1. The molecule has 4 nitrogen and oxygen atoms in total. The van der Waals surface area contributed by atoms with E-state index in [2.05, 4.69) is 27.2 Å². The van der Waals surface area contributed by atoms with Crippen LogP contribution in [0, 0.1) is 0 Å². The minimum atomic E-state index is -0.218. The van der Waals surface area contributed by atoms with E-state index < -0.39 is 0 Å². The summed E-state index contributed by atoms with van der Waals surface area (Å²) >= 11 is 12.0. The van der Waals surface area contributed by atoms with Crippen LogP contribution >= 0.6 is 23.2 Å². The number of halogens is 2. The number of nitrogens with one attached hydrogen (secondary N) is 1. The number of nitrogens with zero attached hydrogens (tertiary/aromatic N) is 2. The van der Waals surface area contributed by atoms with Crippen molar-refractivity contribution in [3.63, 3.8) is 0 Å². The van der Waals surface area contributed by atoms with E-state index in [9.17, 15) is 4.79 Å². The van der Waals surface area contributed by atoms with Crippen LogP contribution in [-0.4, -0.2) is 43.0 Å². The van der Waals surface area contributed by atoms with E-state index in [1.54, 1.807) is 18.2 Å². The number of rotatable bonds is 4. The summed E-state index contributed by atoms with van der Waals surface area (Å²) in [5.74, 6) is -0.0580. The highest BCUT2D eigenvalue weighted by atomic mass is 35.5. The zero-order valence-corrected chi connectivity index (χ0v) is 15.6. The van der Waals surface area contributed by atoms with Crippen molar-refractivity contribution in [1.82, 2.24) is 4.90 Å². The van der Waals surface area contributed by atoms with Gasteiger partial charge in [0.1, 0.15) is 0 Å². The summed E-state index contributed by atoms with van der Waals surface area (Å²) in [7, 11) is 0. The molecule has 1 atom stereocenters. The summed E-state index contributed by atoms with van der Waals surface area (Å²) in [6.07, 6.45) is 0. The summed E-state index contributed by atoms with van der Waals surface area (Å²) in [6.45, 7) is 5.43. The van der Waals surface area contributed by atoms with Crippen LogP contribution < -0.4 is 10.2 Å². The molecule has 0 bridgehead atoms. The fourth-order valence-electron chi connectivity index (χ4n) is 3.00. The van der Waals surface area contributed by atoms with E-state index in [1.807, 2.05) is 25.1 Å². The minimum Gasteiger partial charge on any atom is -0.369 e. The fourth-order valence-corrected chi connectivity index (χ4v) is 3.46. The summed E-state index contributed by atoms with van der Waals surface area (Å²) in [5.41, 5.74) is 1.82. The third kappa shape index (κ3) is 4.46. The fraction of sp³-hybridized carbons (Fsp3) is 0.316. The van der Waals surface area contributed by atoms with Crippen LogP contribution in [-0.2, 0) is 4.79 Å². The van der Waals surface area contributed by atoms with E-state index in [4.69, 9.17) is 23.2 Å². The van der Waals surface area contributed by atoms with E-state index in [-0.39, 0.29) is 11.9 Å². The number of carbonyl (C=O) groups is 1. The van der Waals surface area contributed by atoms with Gasteiger partial charge in [-0.25, -0.2) is 0 Å². The molecular formula is C19H21Cl2N3O. The van der Waals surface area contributed by atoms with E-state index >= 15 is 0 Å². The first-order chi connectivity index (χ1) is 12.0. The van der Waals surface area contributed by atoms with Gasteiger partial charge in [0, 0.05) is 36.9 Å². The lowest BCUT2D eigenvalue weighted by Crippen LogP contribution is -2.52. The van der Waals surface area contributed by atoms with Gasteiger partial charge in [-0.1, -0.05) is 41.4 Å². The van der Waals surface area contributed by atoms with Gasteiger partial charge >= 0.3 is 0 Å². The zero-order chi connectivity index (χ0) is 17.8. The standard InChI is InChI=1S/C19H21Cl2N3O/c1-14(19(25)22-18-8-7-15(20)13-17(18)21)23-9-11-24(12-10-23)16-5-3-2-4-6-16/h2-8,13-14H,9-12H2,1H3,(H,22,25)/t14-/m1/s1. The summed E-state index contributed by atoms with van der Waals surface area (Å²) in [6, 6.07) is 15.2. The molecule has 2 aromatic carbocycles. The van der Waals surface area contributed by atoms with E-state index in [0.29, 0.717) is 15.7 Å². The first-order valence-corrected chi connectivity index (χ1v) is 9.10. The number of anilines is 2. The Morgan fingerprint density at radius 1 is 1.04 bits per heavy atom. The Kier molecular flexibility index (Phi) is 5.84. The van der Waals surface area contributed by atoms with Crippen LogP contribution in [0.3, 0.4) is 0 Å². The molecule has 0 spiro atoms. The van der Waals surface area contributed by atoms with Gasteiger partial charge in [0.25, 0.3) is 0 Å². The van der Waals surface area contributed by atoms with E-state index in [1.165, 1.54) is 5.69 Å². The number of para-hydroxylation sites is 1. The largest absolute Gasteiger partial charge is 0.369 e. The van der Waals surface area contributed by atoms with Gasteiger partial charge in [0.05, 0.1) is 16.8 Å². The predicted molar refractivity (Wildman–Crippen MR) is 105 cm³/mol. The normalized spacial score (nSPS) is 16.5. The second-order valence-corrected chi connectivity index (χ2v) is 6.99. The van der Waals surface area contributed by atoms with Gasteiger partial charge in [0.15, 0.2) is 0 Å². The molecule has 1 heterocycles. The molecule has 0 aliphatic carbocycles. The molecule has 6 heteroatoms. The van der Waals surface area contributed by atoms with Crippen LogP contribution in [0.5, 0.6) is 0 Å². The van der Waals surface area contributed by atoms with Gasteiger partial charge in [-0.2, -0.15) is 0 Å². The van der Waals surface area contributed by atoms with Crippen molar-refractivity contribution in [1.29, 1.82) is 0 Å². The first-order valence-electron chi connectivity index (χ1n) is 8.34. The van der Waals surface area contributed by atoms with Crippen LogP contribution in [0.15, 0.2) is 48.5 Å². The number of carbonyl (C=O) groups excluding carboxylic acids is 1. The van der Waals surface area contributed by atoms with Crippen LogP contribution in [0.4, 0.5) is 11.4 Å². The number of hydrogen-bond acceptors (Lipinski definition) is 3. The molecule has 1 amide bonds. The van der Waals surface area contributed by atoms with Crippen LogP contribution in [0.2, 0.25) is 10.0 Å². The highest BCUT2D eigenvalue weighted by Gasteiger charge is 2.26. The predicted octanol–water partition coefficient (Wildman–Crippen LogP) is 4.14. The Balaban J connectivity index is 1.56. The van der Waals surface area contributed by atoms with Gasteiger partial charge in [-0.15, -0.1) is 0 Å². The average Bonchev–Trinajstić information content (AvgIpc) is 2.64. The maximum atomic E-state index is 12.5. The molecule has 0 aromatic heterocycles. The Morgan fingerprint density at radius 3 is 2.36 bits per heavy atom. The van der Waals surface area contributed by atoms with Gasteiger partial charge in [-0.05, 0) is 37.3 Å². The van der Waals surface area contributed by atoms with E-state index in [0.717, 1.165) is 26.2 Å². The molecule has 0 radical (unpaired) electrons. The maximum Gasteiger partial charge on any atom is 0.241 e. The molecule has 1 fully saturated rings. The van der Waals surface area contributed by atoms with Gasteiger partial charge in [0.2, 0.25) is 5.91 Å². The molecule has 25 heavy (non-hydrogen) atoms. The molecule has 1 aliphatic heterocycles. The Labute approximate surface area is 158 Å². The Morgan fingerprint density at radius 2 is 1.72 bits per heavy atom. The van der Waals surface area contributed by atoms with Crippen molar-refractivity contribution < 1.29 is 4.79 Å². The Bertz CT molecular complexity index is 731. The van der Waals surface area contributed by atoms with Gasteiger partial charge < -0.3 is 10.2 Å². The molecule has 1 saturated heterocycles. The van der Waals surface area contributed by atoms with Crippen molar-refractivity contribution >= 4 is 40.5 Å². The van der Waals surface area contributed by atoms with Crippen molar-refractivity contribution in [2.75, 3.05) is 36.4 Å². The monoisotopic (exact) mass is 377 g/mol. The third-order valence-electron chi connectivity index (χ3n) is 4.55. The van der Waals surface area contributed by atoms with Crippen LogP contribution in [0.25, 0.3) is 0 Å². The highest BCUT2D eigenvalue weighted by molar-refractivity contribution is 6.36. The summed E-state index contributed by atoms with van der Waals surface area (Å²) < 4.78 is 0. The number of amides is 1. The smallest absolute Gasteiger partial charge is 0.241 e. The van der Waals surface area contributed by atoms with Crippen molar-refractivity contribution in [3.8, 4) is 0 Å². The number of hydrogen-bond donors (Lipinski definition) is 1. The SMILES string of the molecule is C[C@H](C(=O)Nc1ccc(Cl)cc1Cl)N1CCN(c2ccccc2)CC1. The lowest BCUT2D eigenvalue weighted by atomic mass is 10.2. The topological polar surface area (TPSA) is 35.6 Å². The summed E-state index contributed by atoms with van der Waals surface area (Å²) in [4.78, 5) is 17.1. The lowest BCUT2D eigenvalue weighted by Gasteiger charge is -2.38. The minimum absolute atomic E-state index is 0.0580. The molecular weight excluding hydrogens is 357 g/mol. The molecule has 132 valence electrons. The van der Waals surface area contributed by atoms with Crippen LogP contribution in [0.1, 0.15) is 6.92 Å². The molecule has 1 aliphatic rings. The maximum absolute atomic E-state index is 12.5. The summed E-state index contributed by atoms with van der Waals surface area (Å²) in [5, 5.41) is 3.89. The number of benzene rings is 2. The highest BCUT2D eigenvalue weighted by Crippen LogP contribution is 2.26. The zero-order valence-electron chi connectivity index (χ0n) is 14.1. The van der Waals surface area contributed by atoms with Crippen molar-refractivity contribution in [2.24, 2.45) is 0 Å². The molecule has 1 N–H and O–H groups in total. The van der Waals surface area contributed by atoms with Gasteiger partial charge in [-0.3, -0.25) is 9.69 Å². The second kappa shape index (κ2) is 8.09. The quantitative estimate of drug-likeness (QED) is 0.869. The average molecular weight is 378 g/mol. The third-order valence-corrected chi connectivity index (χ3v) is 5.10.